The Morgan fingerprint density at radius 2 is 2.00 bits per heavy atom. The number of amides is 1. The predicted molar refractivity (Wildman–Crippen MR) is 93.3 cm³/mol. The van der Waals surface area contributed by atoms with Gasteiger partial charge < -0.3 is 5.32 Å². The summed E-state index contributed by atoms with van der Waals surface area (Å²) < 4.78 is 26.5. The zero-order valence-corrected chi connectivity index (χ0v) is 14.4. The third-order valence-electron chi connectivity index (χ3n) is 5.67. The molecular formula is C20H21F2N3O. The molecule has 1 atom stereocenters. The van der Waals surface area contributed by atoms with Gasteiger partial charge in [0.25, 0.3) is 0 Å². The molecule has 1 spiro atoms. The Bertz CT molecular complexity index is 804. The second-order valence-electron chi connectivity index (χ2n) is 7.27. The number of carbonyl (C=O) groups is 1. The summed E-state index contributed by atoms with van der Waals surface area (Å²) >= 11 is 0. The van der Waals surface area contributed by atoms with Gasteiger partial charge in [0, 0.05) is 49.9 Å². The van der Waals surface area contributed by atoms with Gasteiger partial charge in [0.1, 0.15) is 0 Å². The van der Waals surface area contributed by atoms with Gasteiger partial charge in [-0.15, -0.1) is 0 Å². The summed E-state index contributed by atoms with van der Waals surface area (Å²) in [7, 11) is 0. The third kappa shape index (κ3) is 3.21. The first-order valence-corrected chi connectivity index (χ1v) is 8.93. The quantitative estimate of drug-likeness (QED) is 0.919. The van der Waals surface area contributed by atoms with Crippen LogP contribution in [0.5, 0.6) is 0 Å². The van der Waals surface area contributed by atoms with E-state index in [1.54, 1.807) is 12.3 Å². The standard InChI is InChI=1S/C20H21F2N3O/c21-17-4-3-14(10-18(17)22)13-25-8-5-20(6-9-25)16(11-19(26)24-20)15-2-1-7-23-12-15/h1-4,7,10,12,16H,5-6,8-9,11,13H2,(H,24,26). The Kier molecular flexibility index (Phi) is 4.44. The highest BCUT2D eigenvalue weighted by atomic mass is 19.2. The fourth-order valence-corrected chi connectivity index (χ4v) is 4.30. The van der Waals surface area contributed by atoms with Crippen LogP contribution in [-0.4, -0.2) is 34.4 Å². The van der Waals surface area contributed by atoms with E-state index in [2.05, 4.69) is 15.2 Å². The van der Waals surface area contributed by atoms with Crippen molar-refractivity contribution in [3.05, 3.63) is 65.5 Å². The number of hydrogen-bond donors (Lipinski definition) is 1. The molecule has 2 saturated heterocycles. The van der Waals surface area contributed by atoms with E-state index < -0.39 is 11.6 Å². The van der Waals surface area contributed by atoms with Crippen molar-refractivity contribution in [2.24, 2.45) is 0 Å². The maximum Gasteiger partial charge on any atom is 0.221 e. The highest BCUT2D eigenvalue weighted by Gasteiger charge is 2.48. The monoisotopic (exact) mass is 357 g/mol. The summed E-state index contributed by atoms with van der Waals surface area (Å²) in [6, 6.07) is 8.00. The maximum atomic E-state index is 13.4. The molecule has 1 aromatic heterocycles. The second-order valence-corrected chi connectivity index (χ2v) is 7.27. The van der Waals surface area contributed by atoms with Gasteiger partial charge in [-0.3, -0.25) is 14.7 Å². The van der Waals surface area contributed by atoms with Crippen LogP contribution in [0, 0.1) is 11.6 Å². The molecule has 1 aromatic carbocycles. The minimum absolute atomic E-state index is 0.0907. The zero-order valence-electron chi connectivity index (χ0n) is 14.4. The number of carbonyl (C=O) groups excluding carboxylic acids is 1. The zero-order chi connectivity index (χ0) is 18.1. The lowest BCUT2D eigenvalue weighted by Gasteiger charge is -2.43. The summed E-state index contributed by atoms with van der Waals surface area (Å²) in [6.07, 6.45) is 5.75. The molecule has 2 aliphatic rings. The van der Waals surface area contributed by atoms with Crippen molar-refractivity contribution in [3.63, 3.8) is 0 Å². The normalized spacial score (nSPS) is 22.5. The van der Waals surface area contributed by atoms with Crippen molar-refractivity contribution in [1.29, 1.82) is 0 Å². The van der Waals surface area contributed by atoms with Crippen LogP contribution < -0.4 is 5.32 Å². The number of nitrogens with one attached hydrogen (secondary N) is 1. The molecule has 136 valence electrons. The largest absolute Gasteiger partial charge is 0.350 e. The lowest BCUT2D eigenvalue weighted by atomic mass is 9.74. The number of benzene rings is 1. The fourth-order valence-electron chi connectivity index (χ4n) is 4.30. The SMILES string of the molecule is O=C1CC(c2cccnc2)C2(CCN(Cc3ccc(F)c(F)c3)CC2)N1. The molecule has 26 heavy (non-hydrogen) atoms. The molecule has 6 heteroatoms. The van der Waals surface area contributed by atoms with Crippen LogP contribution >= 0.6 is 0 Å². The molecule has 4 rings (SSSR count). The van der Waals surface area contributed by atoms with Crippen molar-refractivity contribution < 1.29 is 13.6 Å². The number of likely N-dealkylation sites (tertiary alicyclic amines) is 1. The average Bonchev–Trinajstić information content (AvgIpc) is 2.97. The van der Waals surface area contributed by atoms with Crippen LogP contribution in [0.1, 0.15) is 36.3 Å². The van der Waals surface area contributed by atoms with Crippen LogP contribution in [0.3, 0.4) is 0 Å². The Balaban J connectivity index is 1.46. The summed E-state index contributed by atoms with van der Waals surface area (Å²) in [5, 5.41) is 3.22. The maximum absolute atomic E-state index is 13.4. The minimum atomic E-state index is -0.820. The number of pyridine rings is 1. The van der Waals surface area contributed by atoms with E-state index in [1.807, 2.05) is 18.3 Å². The molecule has 1 unspecified atom stereocenters. The van der Waals surface area contributed by atoms with Gasteiger partial charge in [0.15, 0.2) is 11.6 Å². The molecule has 3 heterocycles. The second kappa shape index (κ2) is 6.76. The Morgan fingerprint density at radius 3 is 2.69 bits per heavy atom. The van der Waals surface area contributed by atoms with Gasteiger partial charge in [0.2, 0.25) is 5.91 Å². The van der Waals surface area contributed by atoms with E-state index in [0.29, 0.717) is 13.0 Å². The Morgan fingerprint density at radius 1 is 1.19 bits per heavy atom. The third-order valence-corrected chi connectivity index (χ3v) is 5.67. The van der Waals surface area contributed by atoms with Crippen molar-refractivity contribution in [1.82, 2.24) is 15.2 Å². The first-order chi connectivity index (χ1) is 12.6. The molecular weight excluding hydrogens is 336 g/mol. The number of aromatic nitrogens is 1. The smallest absolute Gasteiger partial charge is 0.221 e. The molecule has 2 aromatic rings. The summed E-state index contributed by atoms with van der Waals surface area (Å²) in [6.45, 7) is 2.19. The number of hydrogen-bond acceptors (Lipinski definition) is 3. The van der Waals surface area contributed by atoms with E-state index in [-0.39, 0.29) is 17.4 Å². The van der Waals surface area contributed by atoms with E-state index in [9.17, 15) is 13.6 Å². The molecule has 1 N–H and O–H groups in total. The molecule has 0 saturated carbocycles. The lowest BCUT2D eigenvalue weighted by molar-refractivity contribution is -0.120. The van der Waals surface area contributed by atoms with Gasteiger partial charge in [0.05, 0.1) is 0 Å². The number of rotatable bonds is 3. The molecule has 0 bridgehead atoms. The van der Waals surface area contributed by atoms with E-state index in [4.69, 9.17) is 0 Å². The van der Waals surface area contributed by atoms with Crippen molar-refractivity contribution >= 4 is 5.91 Å². The van der Waals surface area contributed by atoms with Gasteiger partial charge in [-0.1, -0.05) is 12.1 Å². The molecule has 2 aliphatic heterocycles. The van der Waals surface area contributed by atoms with Crippen molar-refractivity contribution in [3.8, 4) is 0 Å². The minimum Gasteiger partial charge on any atom is -0.350 e. The first kappa shape index (κ1) is 17.1. The van der Waals surface area contributed by atoms with E-state index >= 15 is 0 Å². The van der Waals surface area contributed by atoms with Crippen molar-refractivity contribution in [2.45, 2.75) is 37.3 Å². The lowest BCUT2D eigenvalue weighted by Crippen LogP contribution is -2.53. The van der Waals surface area contributed by atoms with Gasteiger partial charge in [-0.05, 0) is 42.2 Å². The summed E-state index contributed by atoms with van der Waals surface area (Å²) in [5.74, 6) is -1.41. The van der Waals surface area contributed by atoms with E-state index in [1.165, 1.54) is 12.1 Å². The summed E-state index contributed by atoms with van der Waals surface area (Å²) in [4.78, 5) is 18.5. The van der Waals surface area contributed by atoms with Crippen LogP contribution in [0.2, 0.25) is 0 Å². The van der Waals surface area contributed by atoms with Crippen LogP contribution in [0.15, 0.2) is 42.7 Å². The van der Waals surface area contributed by atoms with Gasteiger partial charge in [-0.25, -0.2) is 8.78 Å². The molecule has 2 fully saturated rings. The van der Waals surface area contributed by atoms with E-state index in [0.717, 1.165) is 37.1 Å². The Hall–Kier alpha value is -2.34. The predicted octanol–water partition coefficient (Wildman–Crippen LogP) is 3.00. The highest BCUT2D eigenvalue weighted by molar-refractivity contribution is 5.81. The highest BCUT2D eigenvalue weighted by Crippen LogP contribution is 2.43. The Labute approximate surface area is 151 Å². The topological polar surface area (TPSA) is 45.2 Å². The van der Waals surface area contributed by atoms with Crippen LogP contribution in [-0.2, 0) is 11.3 Å². The number of piperidine rings is 1. The van der Waals surface area contributed by atoms with Crippen LogP contribution in [0.4, 0.5) is 8.78 Å². The van der Waals surface area contributed by atoms with Gasteiger partial charge in [-0.2, -0.15) is 0 Å². The summed E-state index contributed by atoms with van der Waals surface area (Å²) in [5.41, 5.74) is 1.63. The molecule has 0 aliphatic carbocycles. The van der Waals surface area contributed by atoms with Crippen molar-refractivity contribution in [2.75, 3.05) is 13.1 Å². The molecule has 0 radical (unpaired) electrons. The molecule has 4 nitrogen and oxygen atoms in total. The van der Waals surface area contributed by atoms with Crippen LogP contribution in [0.25, 0.3) is 0 Å². The average molecular weight is 357 g/mol. The van der Waals surface area contributed by atoms with Gasteiger partial charge >= 0.3 is 0 Å². The number of halogens is 2. The first-order valence-electron chi connectivity index (χ1n) is 8.93. The number of nitrogens with zero attached hydrogens (tertiary/aromatic N) is 2. The fraction of sp³-hybridized carbons (Fsp3) is 0.400. The molecule has 1 amide bonds.